The minimum absolute atomic E-state index is 0.0470. The Hall–Kier alpha value is -1.98. The molecule has 1 aromatic heterocycles. The van der Waals surface area contributed by atoms with Crippen molar-refractivity contribution >= 4 is 11.9 Å². The van der Waals surface area contributed by atoms with Crippen LogP contribution in [0.5, 0.6) is 0 Å². The first-order valence-corrected chi connectivity index (χ1v) is 7.27. The summed E-state index contributed by atoms with van der Waals surface area (Å²) in [5.41, 5.74) is 0.0591. The summed E-state index contributed by atoms with van der Waals surface area (Å²) in [5.74, 6) is -0.846. The van der Waals surface area contributed by atoms with Crippen LogP contribution in [0, 0.1) is 5.41 Å². The van der Waals surface area contributed by atoms with E-state index in [0.717, 1.165) is 18.5 Å². The van der Waals surface area contributed by atoms with E-state index in [9.17, 15) is 14.7 Å². The first-order valence-electron chi connectivity index (χ1n) is 7.27. The molecule has 1 amide bonds. The van der Waals surface area contributed by atoms with Crippen LogP contribution in [0.4, 0.5) is 0 Å². The lowest BCUT2D eigenvalue weighted by Gasteiger charge is -2.39. The van der Waals surface area contributed by atoms with Crippen molar-refractivity contribution in [3.8, 4) is 0 Å². The molecule has 1 N–H and O–H groups in total. The largest absolute Gasteiger partial charge is 0.481 e. The van der Waals surface area contributed by atoms with Crippen molar-refractivity contribution in [2.75, 3.05) is 13.1 Å². The highest BCUT2D eigenvalue weighted by atomic mass is 16.4. The molecular weight excluding hydrogens is 270 g/mol. The number of carbonyl (C=O) groups excluding carboxylic acids is 1. The van der Waals surface area contributed by atoms with Crippen molar-refractivity contribution < 1.29 is 14.7 Å². The number of hydrogen-bond acceptors (Lipinski definition) is 4. The Bertz CT molecular complexity index is 506. The van der Waals surface area contributed by atoms with Gasteiger partial charge in [0.05, 0.1) is 11.1 Å². The second kappa shape index (κ2) is 6.65. The molecule has 1 fully saturated rings. The van der Waals surface area contributed by atoms with Gasteiger partial charge in [0.25, 0.3) is 0 Å². The Labute approximate surface area is 124 Å². The lowest BCUT2D eigenvalue weighted by molar-refractivity contribution is -0.155. The molecule has 2 heterocycles. The van der Waals surface area contributed by atoms with Crippen LogP contribution in [-0.2, 0) is 16.0 Å². The highest BCUT2D eigenvalue weighted by Gasteiger charge is 2.42. The van der Waals surface area contributed by atoms with E-state index in [1.54, 1.807) is 23.5 Å². The van der Waals surface area contributed by atoms with Gasteiger partial charge in [-0.25, -0.2) is 0 Å². The maximum Gasteiger partial charge on any atom is 0.311 e. The number of likely N-dealkylation sites (tertiary alicyclic amines) is 1. The van der Waals surface area contributed by atoms with Crippen molar-refractivity contribution in [2.45, 2.75) is 39.0 Å². The molecule has 2 rings (SSSR count). The van der Waals surface area contributed by atoms with E-state index in [4.69, 9.17) is 0 Å². The summed E-state index contributed by atoms with van der Waals surface area (Å²) in [6.45, 7) is 2.48. The number of rotatable bonds is 5. The minimum Gasteiger partial charge on any atom is -0.481 e. The molecule has 0 spiro atoms. The zero-order valence-corrected chi connectivity index (χ0v) is 12.3. The number of carboxylic acids is 1. The Morgan fingerprint density at radius 1 is 1.43 bits per heavy atom. The van der Waals surface area contributed by atoms with Crippen LogP contribution < -0.4 is 0 Å². The molecule has 1 saturated heterocycles. The van der Waals surface area contributed by atoms with Gasteiger partial charge in [-0.2, -0.15) is 0 Å². The van der Waals surface area contributed by atoms with Crippen molar-refractivity contribution in [1.29, 1.82) is 0 Å². The lowest BCUT2D eigenvalue weighted by atomic mass is 9.75. The summed E-state index contributed by atoms with van der Waals surface area (Å²) >= 11 is 0. The Balaban J connectivity index is 1.98. The number of aryl methyl sites for hydroxylation is 1. The predicted octanol–water partition coefficient (Wildman–Crippen LogP) is 1.51. The number of aliphatic carboxylic acids is 1. The standard InChI is InChI=1S/C15H21N3O3/c1-12(19)18-9-3-6-15(11-18,14(20)21)5-2-4-13-10-16-7-8-17-13/h7-8,10H,2-6,9,11H2,1H3,(H,20,21)/t15-/m0/s1. The average molecular weight is 291 g/mol. The van der Waals surface area contributed by atoms with Gasteiger partial charge in [0.2, 0.25) is 5.91 Å². The molecule has 0 saturated carbocycles. The van der Waals surface area contributed by atoms with Gasteiger partial charge in [-0.15, -0.1) is 0 Å². The van der Waals surface area contributed by atoms with Gasteiger partial charge in [0, 0.05) is 38.6 Å². The van der Waals surface area contributed by atoms with Crippen LogP contribution in [0.15, 0.2) is 18.6 Å². The highest BCUT2D eigenvalue weighted by molar-refractivity contribution is 5.78. The average Bonchev–Trinajstić information content (AvgIpc) is 2.48. The SMILES string of the molecule is CC(=O)N1CCC[C@](CCCc2cnccn2)(C(=O)O)C1. The van der Waals surface area contributed by atoms with Crippen molar-refractivity contribution in [3.63, 3.8) is 0 Å². The summed E-state index contributed by atoms with van der Waals surface area (Å²) in [4.78, 5) is 33.1. The zero-order valence-electron chi connectivity index (χ0n) is 12.3. The summed E-state index contributed by atoms with van der Waals surface area (Å²) in [6.07, 6.45) is 8.34. The van der Waals surface area contributed by atoms with Crippen LogP contribution >= 0.6 is 0 Å². The zero-order chi connectivity index (χ0) is 15.3. The normalized spacial score (nSPS) is 22.0. The molecule has 6 heteroatoms. The molecule has 0 unspecified atom stereocenters. The third-order valence-electron chi connectivity index (χ3n) is 4.18. The molecule has 1 aliphatic heterocycles. The van der Waals surface area contributed by atoms with E-state index >= 15 is 0 Å². The molecule has 0 aromatic carbocycles. The minimum atomic E-state index is -0.813. The second-order valence-electron chi connectivity index (χ2n) is 5.68. The van der Waals surface area contributed by atoms with E-state index in [1.807, 2.05) is 0 Å². The van der Waals surface area contributed by atoms with E-state index in [2.05, 4.69) is 9.97 Å². The summed E-state index contributed by atoms with van der Waals surface area (Å²) in [5, 5.41) is 9.62. The molecule has 0 aliphatic carbocycles. The summed E-state index contributed by atoms with van der Waals surface area (Å²) in [7, 11) is 0. The van der Waals surface area contributed by atoms with Gasteiger partial charge >= 0.3 is 5.97 Å². The van der Waals surface area contributed by atoms with Crippen molar-refractivity contribution in [1.82, 2.24) is 14.9 Å². The molecule has 6 nitrogen and oxygen atoms in total. The van der Waals surface area contributed by atoms with Crippen LogP contribution in [0.1, 0.15) is 38.3 Å². The van der Waals surface area contributed by atoms with E-state index in [-0.39, 0.29) is 5.91 Å². The molecule has 0 bridgehead atoms. The Morgan fingerprint density at radius 3 is 2.86 bits per heavy atom. The van der Waals surface area contributed by atoms with Crippen LogP contribution in [-0.4, -0.2) is 44.9 Å². The topological polar surface area (TPSA) is 83.4 Å². The van der Waals surface area contributed by atoms with E-state index < -0.39 is 11.4 Å². The molecule has 1 aliphatic rings. The maximum atomic E-state index is 11.7. The fraction of sp³-hybridized carbons (Fsp3) is 0.600. The van der Waals surface area contributed by atoms with Crippen LogP contribution in [0.2, 0.25) is 0 Å². The van der Waals surface area contributed by atoms with Crippen molar-refractivity contribution in [2.24, 2.45) is 5.41 Å². The molecule has 0 radical (unpaired) electrons. The third-order valence-corrected chi connectivity index (χ3v) is 4.18. The third kappa shape index (κ3) is 3.77. The number of nitrogens with zero attached hydrogens (tertiary/aromatic N) is 3. The monoisotopic (exact) mass is 291 g/mol. The summed E-state index contributed by atoms with van der Waals surface area (Å²) in [6, 6.07) is 0. The smallest absolute Gasteiger partial charge is 0.311 e. The van der Waals surface area contributed by atoms with Gasteiger partial charge < -0.3 is 10.0 Å². The Morgan fingerprint density at radius 2 is 2.24 bits per heavy atom. The number of carboxylic acid groups (broad SMARTS) is 1. The van der Waals surface area contributed by atoms with E-state index in [1.165, 1.54) is 6.92 Å². The summed E-state index contributed by atoms with van der Waals surface area (Å²) < 4.78 is 0. The van der Waals surface area contributed by atoms with Gasteiger partial charge in [0.15, 0.2) is 0 Å². The fourth-order valence-electron chi connectivity index (χ4n) is 2.95. The van der Waals surface area contributed by atoms with Gasteiger partial charge in [-0.3, -0.25) is 19.6 Å². The van der Waals surface area contributed by atoms with Gasteiger partial charge in [-0.05, 0) is 32.1 Å². The van der Waals surface area contributed by atoms with Crippen molar-refractivity contribution in [3.05, 3.63) is 24.3 Å². The highest BCUT2D eigenvalue weighted by Crippen LogP contribution is 2.35. The second-order valence-corrected chi connectivity index (χ2v) is 5.68. The fourth-order valence-corrected chi connectivity index (χ4v) is 2.95. The number of carbonyl (C=O) groups is 2. The molecule has 114 valence electrons. The maximum absolute atomic E-state index is 11.7. The first-order chi connectivity index (χ1) is 10.0. The van der Waals surface area contributed by atoms with E-state index in [0.29, 0.717) is 32.4 Å². The number of amides is 1. The van der Waals surface area contributed by atoms with Gasteiger partial charge in [0.1, 0.15) is 0 Å². The number of aromatic nitrogens is 2. The number of piperidine rings is 1. The Kier molecular flexibility index (Phi) is 4.88. The van der Waals surface area contributed by atoms with Crippen LogP contribution in [0.25, 0.3) is 0 Å². The molecular formula is C15H21N3O3. The predicted molar refractivity (Wildman–Crippen MR) is 76.5 cm³/mol. The first kappa shape index (κ1) is 15.4. The lowest BCUT2D eigenvalue weighted by Crippen LogP contribution is -2.49. The quantitative estimate of drug-likeness (QED) is 0.889. The van der Waals surface area contributed by atoms with Gasteiger partial charge in [-0.1, -0.05) is 0 Å². The molecule has 21 heavy (non-hydrogen) atoms. The molecule has 1 atom stereocenters. The molecule has 1 aromatic rings. The number of hydrogen-bond donors (Lipinski definition) is 1. The van der Waals surface area contributed by atoms with Crippen LogP contribution in [0.3, 0.4) is 0 Å².